The van der Waals surface area contributed by atoms with Gasteiger partial charge in [0, 0.05) is 12.8 Å². The highest BCUT2D eigenvalue weighted by Crippen LogP contribution is 2.59. The number of aromatic nitrogens is 1. The first kappa shape index (κ1) is 40.3. The molecule has 4 aromatic rings. The van der Waals surface area contributed by atoms with E-state index in [-0.39, 0.29) is 22.9 Å². The zero-order chi connectivity index (χ0) is 41.0. The van der Waals surface area contributed by atoms with Gasteiger partial charge in [-0.25, -0.2) is 19.4 Å². The van der Waals surface area contributed by atoms with Crippen LogP contribution in [0.15, 0.2) is 137 Å². The number of rotatable bonds is 13. The maximum absolute atomic E-state index is 13.4. The first-order valence-corrected chi connectivity index (χ1v) is 21.4. The number of esters is 3. The normalized spacial score (nSPS) is 26.5. The Labute approximate surface area is 347 Å². The largest absolute Gasteiger partial charge is 0.458 e. The number of benzene rings is 3. The van der Waals surface area contributed by atoms with Crippen LogP contribution in [0.1, 0.15) is 127 Å². The molecular weight excluding hydrogens is 739 g/mol. The number of fused-ring (bicyclic) bond motifs is 1. The fourth-order valence-corrected chi connectivity index (χ4v) is 10.2. The smallest absolute Gasteiger partial charge is 0.338 e. The summed E-state index contributed by atoms with van der Waals surface area (Å²) in [4.78, 5) is 44.4. The summed E-state index contributed by atoms with van der Waals surface area (Å²) in [7, 11) is 0. The van der Waals surface area contributed by atoms with Crippen LogP contribution in [0.25, 0.3) is 0 Å². The summed E-state index contributed by atoms with van der Waals surface area (Å²) in [5, 5.41) is 0. The molecule has 4 aliphatic rings. The van der Waals surface area contributed by atoms with E-state index in [2.05, 4.69) is 30.6 Å². The third kappa shape index (κ3) is 8.78. The molecule has 3 aromatic carbocycles. The van der Waals surface area contributed by atoms with Crippen molar-refractivity contribution >= 4 is 17.9 Å². The maximum Gasteiger partial charge on any atom is 0.338 e. The first-order valence-electron chi connectivity index (χ1n) is 21.4. The molecule has 8 heteroatoms. The van der Waals surface area contributed by atoms with E-state index in [4.69, 9.17) is 18.6 Å². The molecule has 0 radical (unpaired) electrons. The van der Waals surface area contributed by atoms with Gasteiger partial charge < -0.3 is 18.6 Å². The highest BCUT2D eigenvalue weighted by atomic mass is 16.6. The molecule has 6 atom stereocenters. The summed E-state index contributed by atoms with van der Waals surface area (Å²) in [6, 6.07) is 27.2. The predicted molar refractivity (Wildman–Crippen MR) is 226 cm³/mol. The lowest BCUT2D eigenvalue weighted by atomic mass is 9.62. The fraction of sp³-hybridized carbons (Fsp3) is 0.412. The third-order valence-corrected chi connectivity index (χ3v) is 13.7. The predicted octanol–water partition coefficient (Wildman–Crippen LogP) is 11.3. The van der Waals surface area contributed by atoms with Crippen molar-refractivity contribution in [3.63, 3.8) is 0 Å². The first-order chi connectivity index (χ1) is 28.6. The van der Waals surface area contributed by atoms with Crippen LogP contribution >= 0.6 is 0 Å². The van der Waals surface area contributed by atoms with Crippen molar-refractivity contribution in [1.29, 1.82) is 0 Å². The summed E-state index contributed by atoms with van der Waals surface area (Å²) in [5.41, 5.74) is 4.45. The van der Waals surface area contributed by atoms with Crippen LogP contribution in [-0.2, 0) is 19.6 Å². The van der Waals surface area contributed by atoms with Gasteiger partial charge in [-0.3, -0.25) is 0 Å². The minimum Gasteiger partial charge on any atom is -0.458 e. The summed E-state index contributed by atoms with van der Waals surface area (Å²) < 4.78 is 24.5. The number of hydrogen-bond acceptors (Lipinski definition) is 8. The van der Waals surface area contributed by atoms with Crippen LogP contribution < -0.4 is 0 Å². The second-order valence-corrected chi connectivity index (χ2v) is 17.4. The molecule has 4 saturated carbocycles. The van der Waals surface area contributed by atoms with Gasteiger partial charge in [0.1, 0.15) is 24.1 Å². The molecule has 0 N–H and O–H groups in total. The fourth-order valence-electron chi connectivity index (χ4n) is 10.2. The lowest BCUT2D eigenvalue weighted by Crippen LogP contribution is -2.34. The molecule has 8 nitrogen and oxygen atoms in total. The van der Waals surface area contributed by atoms with Crippen LogP contribution in [0.4, 0.5) is 0 Å². The molecule has 0 amide bonds. The van der Waals surface area contributed by atoms with E-state index in [1.807, 2.05) is 61.5 Å². The van der Waals surface area contributed by atoms with Gasteiger partial charge in [-0.05, 0) is 136 Å². The molecule has 1 heterocycles. The van der Waals surface area contributed by atoms with Crippen molar-refractivity contribution in [3.05, 3.63) is 161 Å². The van der Waals surface area contributed by atoms with E-state index in [0.717, 1.165) is 74.7 Å². The summed E-state index contributed by atoms with van der Waals surface area (Å²) in [5.74, 6) is 1.36. The Morgan fingerprint density at radius 1 is 0.847 bits per heavy atom. The van der Waals surface area contributed by atoms with Crippen molar-refractivity contribution in [2.75, 3.05) is 0 Å². The summed E-state index contributed by atoms with van der Waals surface area (Å²) in [6.45, 7) is 8.81. The highest BCUT2D eigenvalue weighted by molar-refractivity contribution is 5.90. The van der Waals surface area contributed by atoms with Gasteiger partial charge in [-0.1, -0.05) is 85.8 Å². The second kappa shape index (κ2) is 17.4. The number of aryl methyl sites for hydroxylation is 1. The Morgan fingerprint density at radius 2 is 1.47 bits per heavy atom. The maximum atomic E-state index is 13.4. The van der Waals surface area contributed by atoms with E-state index in [9.17, 15) is 14.4 Å². The van der Waals surface area contributed by atoms with Crippen molar-refractivity contribution in [2.24, 2.45) is 17.3 Å². The number of hydrogen-bond donors (Lipinski definition) is 0. The van der Waals surface area contributed by atoms with Gasteiger partial charge in [0.05, 0.1) is 28.3 Å². The Balaban J connectivity index is 0.964. The van der Waals surface area contributed by atoms with Gasteiger partial charge in [-0.15, -0.1) is 0 Å². The van der Waals surface area contributed by atoms with Crippen LogP contribution in [0.2, 0.25) is 0 Å². The minimum atomic E-state index is -0.625. The highest BCUT2D eigenvalue weighted by Gasteiger charge is 2.57. The molecule has 0 aliphatic heterocycles. The Bertz CT molecular complexity index is 2200. The molecule has 306 valence electrons. The van der Waals surface area contributed by atoms with Gasteiger partial charge in [-0.2, -0.15) is 0 Å². The average molecular weight is 794 g/mol. The van der Waals surface area contributed by atoms with E-state index in [1.165, 1.54) is 12.0 Å². The van der Waals surface area contributed by atoms with Crippen LogP contribution in [0, 0.1) is 24.2 Å². The molecular formula is C51H55NO7. The SMILES string of the molecule is C=C1/C(=C\C=C2/CCCC3(C)C(CCCC(OC(=O)c4ccccc4)C4(c5ncc(C)o5)CC4)CCC23)C[C@@H](OC(=O)c2ccccc2)C[C@@H]1OC(=O)c1ccccc1. The molecule has 0 spiro atoms. The lowest BCUT2D eigenvalue weighted by molar-refractivity contribution is 0.00204. The summed E-state index contributed by atoms with van der Waals surface area (Å²) >= 11 is 0. The average Bonchev–Trinajstić information content (AvgIpc) is 3.83. The van der Waals surface area contributed by atoms with E-state index in [0.29, 0.717) is 47.3 Å². The zero-order valence-electron chi connectivity index (χ0n) is 34.3. The molecule has 8 rings (SSSR count). The van der Waals surface area contributed by atoms with E-state index < -0.39 is 24.1 Å². The van der Waals surface area contributed by atoms with Gasteiger partial charge >= 0.3 is 17.9 Å². The van der Waals surface area contributed by atoms with Crippen molar-refractivity contribution < 1.29 is 33.0 Å². The monoisotopic (exact) mass is 793 g/mol. The molecule has 4 aliphatic carbocycles. The Morgan fingerprint density at radius 3 is 2.08 bits per heavy atom. The minimum absolute atomic E-state index is 0.167. The zero-order valence-corrected chi connectivity index (χ0v) is 34.3. The van der Waals surface area contributed by atoms with Crippen LogP contribution in [0.5, 0.6) is 0 Å². The molecule has 1 aromatic heterocycles. The standard InChI is InChI=1S/C51H55NO7/c1-34-33-52-49(56-34)51(29-30-51)45(59-48(55)39-19-11-6-12-20-39)23-13-22-41-26-27-43-36(21-14-28-50(41,43)3)24-25-40-31-42(57-46(53)37-15-7-4-8-16-37)32-44(35(40)2)58-47(54)38-17-9-5-10-18-38/h4-12,15-20,24-25,33,41-45H,2,13-14,21-23,26-32H2,1,3H3/b36-24+,40-25-/t41?,42-,43?,44+,45?,50?/m1/s1. The Kier molecular flexibility index (Phi) is 11.9. The molecule has 59 heavy (non-hydrogen) atoms. The molecule has 0 saturated heterocycles. The molecule has 4 unspecified atom stereocenters. The van der Waals surface area contributed by atoms with E-state index in [1.54, 1.807) is 42.6 Å². The lowest BCUT2D eigenvalue weighted by Gasteiger charge is -2.42. The molecule has 0 bridgehead atoms. The van der Waals surface area contributed by atoms with E-state index >= 15 is 0 Å². The Hall–Kier alpha value is -5.50. The topological polar surface area (TPSA) is 105 Å². The number of carbonyl (C=O) groups excluding carboxylic acids is 3. The van der Waals surface area contributed by atoms with Crippen LogP contribution in [0.3, 0.4) is 0 Å². The number of oxazole rings is 1. The van der Waals surface area contributed by atoms with Crippen LogP contribution in [-0.4, -0.2) is 41.2 Å². The van der Waals surface area contributed by atoms with Gasteiger partial charge in [0.15, 0.2) is 0 Å². The number of carbonyl (C=O) groups is 3. The quantitative estimate of drug-likeness (QED) is 0.0973. The third-order valence-electron chi connectivity index (χ3n) is 13.7. The van der Waals surface area contributed by atoms with Crippen molar-refractivity contribution in [1.82, 2.24) is 4.98 Å². The van der Waals surface area contributed by atoms with Gasteiger partial charge in [0.25, 0.3) is 0 Å². The van der Waals surface area contributed by atoms with Gasteiger partial charge in [0.2, 0.25) is 5.89 Å². The molecule has 4 fully saturated rings. The van der Waals surface area contributed by atoms with Crippen molar-refractivity contribution in [3.8, 4) is 0 Å². The van der Waals surface area contributed by atoms with Crippen molar-refractivity contribution in [2.45, 2.75) is 115 Å². The number of allylic oxidation sites excluding steroid dienone is 3. The summed E-state index contributed by atoms with van der Waals surface area (Å²) in [6.07, 6.45) is 15.9. The number of ether oxygens (including phenoxy) is 3. The number of nitrogens with zero attached hydrogens (tertiary/aromatic N) is 1. The second-order valence-electron chi connectivity index (χ2n) is 17.4.